The number of carbonyl (C=O) groups is 2. The molecule has 3 heterocycles. The second-order valence-corrected chi connectivity index (χ2v) is 7.48. The fourth-order valence-corrected chi connectivity index (χ4v) is 4.46. The minimum absolute atomic E-state index is 0.0418. The summed E-state index contributed by atoms with van der Waals surface area (Å²) < 4.78 is 0. The number of nitrogens with zero attached hydrogens (tertiary/aromatic N) is 2. The Hall–Kier alpha value is -2.34. The predicted molar refractivity (Wildman–Crippen MR) is 98.9 cm³/mol. The van der Waals surface area contributed by atoms with Crippen molar-refractivity contribution in [2.24, 2.45) is 0 Å². The average Bonchev–Trinajstić information content (AvgIpc) is 3.13. The Balaban J connectivity index is 1.36. The number of urea groups is 1. The van der Waals surface area contributed by atoms with E-state index >= 15 is 0 Å². The number of carbonyl (C=O) groups excluding carboxylic acids is 2. The molecule has 1 aromatic carbocycles. The lowest BCUT2D eigenvalue weighted by molar-refractivity contribution is -0.117. The maximum absolute atomic E-state index is 12.6. The minimum atomic E-state index is -0.157. The molecule has 2 aliphatic rings. The van der Waals surface area contributed by atoms with E-state index in [1.807, 2.05) is 18.2 Å². The zero-order valence-electron chi connectivity index (χ0n) is 14.0. The van der Waals surface area contributed by atoms with Gasteiger partial charge >= 0.3 is 6.03 Å². The highest BCUT2D eigenvalue weighted by molar-refractivity contribution is 7.10. The van der Waals surface area contributed by atoms with Gasteiger partial charge in [-0.05, 0) is 47.9 Å². The molecule has 2 aromatic rings. The molecule has 25 heavy (non-hydrogen) atoms. The van der Waals surface area contributed by atoms with Crippen molar-refractivity contribution in [2.45, 2.75) is 25.8 Å². The van der Waals surface area contributed by atoms with Crippen molar-refractivity contribution in [1.29, 1.82) is 0 Å². The van der Waals surface area contributed by atoms with Crippen molar-refractivity contribution in [3.8, 4) is 0 Å². The summed E-state index contributed by atoms with van der Waals surface area (Å²) in [6.07, 6.45) is 2.86. The van der Waals surface area contributed by atoms with Crippen LogP contribution in [-0.2, 0) is 24.2 Å². The standard InChI is InChI=1S/C19H21N3O2S/c23-18(22-9-3-5-14-4-1-2-6-16(14)22)12-20-19(24)21-10-7-17-15(13-21)8-11-25-17/h1-2,4,6,8,11H,3,5,7,9-10,12-13H2,(H,20,24). The largest absolute Gasteiger partial charge is 0.329 e. The van der Waals surface area contributed by atoms with E-state index in [4.69, 9.17) is 0 Å². The lowest BCUT2D eigenvalue weighted by Crippen LogP contribution is -2.47. The molecule has 5 nitrogen and oxygen atoms in total. The Morgan fingerprint density at radius 2 is 1.96 bits per heavy atom. The SMILES string of the molecule is O=C(NCC(=O)N1CCCc2ccccc21)N1CCc2sccc2C1. The van der Waals surface area contributed by atoms with Crippen LogP contribution in [0, 0.1) is 0 Å². The Morgan fingerprint density at radius 3 is 2.88 bits per heavy atom. The Bertz CT molecular complexity index is 801. The molecular formula is C19H21N3O2S. The summed E-state index contributed by atoms with van der Waals surface area (Å²) in [5, 5.41) is 4.88. The van der Waals surface area contributed by atoms with Gasteiger partial charge in [0.05, 0.1) is 6.54 Å². The first kappa shape index (κ1) is 16.1. The smallest absolute Gasteiger partial charge is 0.318 e. The molecule has 3 amide bonds. The number of hydrogen-bond acceptors (Lipinski definition) is 3. The molecule has 1 aromatic heterocycles. The fourth-order valence-electron chi connectivity index (χ4n) is 3.57. The van der Waals surface area contributed by atoms with Crippen LogP contribution < -0.4 is 10.2 Å². The van der Waals surface area contributed by atoms with Crippen LogP contribution in [-0.4, -0.2) is 36.5 Å². The molecule has 0 aliphatic carbocycles. The molecule has 0 saturated carbocycles. The van der Waals surface area contributed by atoms with Crippen LogP contribution in [0.1, 0.15) is 22.4 Å². The van der Waals surface area contributed by atoms with E-state index in [0.29, 0.717) is 19.6 Å². The quantitative estimate of drug-likeness (QED) is 0.901. The highest BCUT2D eigenvalue weighted by Gasteiger charge is 2.25. The number of nitrogens with one attached hydrogen (secondary N) is 1. The van der Waals surface area contributed by atoms with Gasteiger partial charge in [0, 0.05) is 30.2 Å². The minimum Gasteiger partial charge on any atom is -0.329 e. The van der Waals surface area contributed by atoms with E-state index in [9.17, 15) is 9.59 Å². The van der Waals surface area contributed by atoms with E-state index in [2.05, 4.69) is 22.8 Å². The number of para-hydroxylation sites is 1. The topological polar surface area (TPSA) is 52.7 Å². The van der Waals surface area contributed by atoms with E-state index < -0.39 is 0 Å². The number of amides is 3. The first-order valence-electron chi connectivity index (χ1n) is 8.68. The number of benzene rings is 1. The van der Waals surface area contributed by atoms with Gasteiger partial charge in [-0.2, -0.15) is 0 Å². The highest BCUT2D eigenvalue weighted by atomic mass is 32.1. The van der Waals surface area contributed by atoms with Crippen LogP contribution in [0.5, 0.6) is 0 Å². The molecule has 0 saturated heterocycles. The molecule has 2 aliphatic heterocycles. The van der Waals surface area contributed by atoms with Gasteiger partial charge in [0.2, 0.25) is 5.91 Å². The Labute approximate surface area is 151 Å². The van der Waals surface area contributed by atoms with Crippen LogP contribution in [0.15, 0.2) is 35.7 Å². The highest BCUT2D eigenvalue weighted by Crippen LogP contribution is 2.27. The molecule has 0 atom stereocenters. The molecule has 1 N–H and O–H groups in total. The van der Waals surface area contributed by atoms with Gasteiger partial charge in [0.1, 0.15) is 0 Å². The molecule has 0 spiro atoms. The van der Waals surface area contributed by atoms with Gasteiger partial charge in [-0.25, -0.2) is 4.79 Å². The van der Waals surface area contributed by atoms with Gasteiger partial charge in [0.15, 0.2) is 0 Å². The number of hydrogen-bond donors (Lipinski definition) is 1. The van der Waals surface area contributed by atoms with Crippen molar-refractivity contribution in [3.63, 3.8) is 0 Å². The lowest BCUT2D eigenvalue weighted by atomic mass is 10.0. The van der Waals surface area contributed by atoms with Crippen LogP contribution in [0.25, 0.3) is 0 Å². The average molecular weight is 355 g/mol. The molecule has 0 bridgehead atoms. The molecule has 130 valence electrons. The monoisotopic (exact) mass is 355 g/mol. The van der Waals surface area contributed by atoms with E-state index in [-0.39, 0.29) is 18.5 Å². The Morgan fingerprint density at radius 1 is 1.08 bits per heavy atom. The van der Waals surface area contributed by atoms with Crippen LogP contribution in [0.3, 0.4) is 0 Å². The van der Waals surface area contributed by atoms with Crippen molar-refractivity contribution in [1.82, 2.24) is 10.2 Å². The first-order valence-corrected chi connectivity index (χ1v) is 9.56. The molecule has 0 radical (unpaired) electrons. The predicted octanol–water partition coefficient (Wildman–Crippen LogP) is 2.80. The van der Waals surface area contributed by atoms with Gasteiger partial charge < -0.3 is 15.1 Å². The van der Waals surface area contributed by atoms with Gasteiger partial charge in [-0.1, -0.05) is 18.2 Å². The van der Waals surface area contributed by atoms with E-state index in [1.165, 1.54) is 16.0 Å². The van der Waals surface area contributed by atoms with Crippen molar-refractivity contribution < 1.29 is 9.59 Å². The normalized spacial score (nSPS) is 16.2. The zero-order valence-corrected chi connectivity index (χ0v) is 14.8. The van der Waals surface area contributed by atoms with Gasteiger partial charge in [-0.3, -0.25) is 4.79 Å². The summed E-state index contributed by atoms with van der Waals surface area (Å²) in [5.74, 6) is -0.0475. The van der Waals surface area contributed by atoms with Crippen molar-refractivity contribution >= 4 is 29.0 Å². The first-order chi connectivity index (χ1) is 12.2. The number of anilines is 1. The fraction of sp³-hybridized carbons (Fsp3) is 0.368. The molecule has 6 heteroatoms. The van der Waals surface area contributed by atoms with E-state index in [1.54, 1.807) is 21.1 Å². The van der Waals surface area contributed by atoms with Crippen LogP contribution in [0.2, 0.25) is 0 Å². The van der Waals surface area contributed by atoms with Crippen LogP contribution >= 0.6 is 11.3 Å². The number of rotatable bonds is 2. The third kappa shape index (κ3) is 3.26. The second kappa shape index (κ2) is 6.88. The molecule has 0 fully saturated rings. The summed E-state index contributed by atoms with van der Waals surface area (Å²) in [6.45, 7) is 2.10. The number of aryl methyl sites for hydroxylation is 1. The summed E-state index contributed by atoms with van der Waals surface area (Å²) in [5.41, 5.74) is 3.41. The number of thiophene rings is 1. The maximum Gasteiger partial charge on any atom is 0.318 e. The third-order valence-electron chi connectivity index (χ3n) is 4.90. The van der Waals surface area contributed by atoms with E-state index in [0.717, 1.165) is 24.9 Å². The van der Waals surface area contributed by atoms with Crippen LogP contribution in [0.4, 0.5) is 10.5 Å². The Kier molecular flexibility index (Phi) is 4.44. The molecular weight excluding hydrogens is 334 g/mol. The second-order valence-electron chi connectivity index (χ2n) is 6.48. The molecule has 4 rings (SSSR count). The summed E-state index contributed by atoms with van der Waals surface area (Å²) >= 11 is 1.75. The van der Waals surface area contributed by atoms with Crippen molar-refractivity contribution in [3.05, 3.63) is 51.7 Å². The maximum atomic E-state index is 12.6. The van der Waals surface area contributed by atoms with Gasteiger partial charge in [-0.15, -0.1) is 11.3 Å². The molecule has 0 unspecified atom stereocenters. The van der Waals surface area contributed by atoms with Crippen molar-refractivity contribution in [2.75, 3.05) is 24.5 Å². The van der Waals surface area contributed by atoms with Gasteiger partial charge in [0.25, 0.3) is 0 Å². The summed E-state index contributed by atoms with van der Waals surface area (Å²) in [4.78, 5) is 30.0. The third-order valence-corrected chi connectivity index (χ3v) is 5.92. The zero-order chi connectivity index (χ0) is 17.2. The summed E-state index contributed by atoms with van der Waals surface area (Å²) in [6, 6.07) is 9.93. The lowest BCUT2D eigenvalue weighted by Gasteiger charge is -2.30. The number of fused-ring (bicyclic) bond motifs is 2. The summed E-state index contributed by atoms with van der Waals surface area (Å²) in [7, 11) is 0.